The summed E-state index contributed by atoms with van der Waals surface area (Å²) in [6.45, 7) is 5.08. The third kappa shape index (κ3) is 2.94. The average Bonchev–Trinajstić information content (AvgIpc) is 2.93. The molecule has 0 saturated heterocycles. The van der Waals surface area contributed by atoms with Gasteiger partial charge in [0.1, 0.15) is 35.2 Å². The van der Waals surface area contributed by atoms with Crippen molar-refractivity contribution in [3.05, 3.63) is 52.0 Å². The van der Waals surface area contributed by atoms with Gasteiger partial charge in [0.2, 0.25) is 0 Å². The lowest BCUT2D eigenvalue weighted by Crippen LogP contribution is -2.48. The van der Waals surface area contributed by atoms with E-state index in [9.17, 15) is 14.0 Å². The van der Waals surface area contributed by atoms with E-state index >= 15 is 0 Å². The van der Waals surface area contributed by atoms with Crippen LogP contribution in [-0.4, -0.2) is 20.4 Å². The number of nitrogens with two attached hydrogens (primary N) is 1. The van der Waals surface area contributed by atoms with Crippen LogP contribution < -0.4 is 21.9 Å². The van der Waals surface area contributed by atoms with E-state index in [2.05, 4.69) is 20.6 Å². The molecule has 142 valence electrons. The van der Waals surface area contributed by atoms with E-state index < -0.39 is 23.0 Å². The number of nitrogens with zero attached hydrogens (tertiary/aromatic N) is 3. The number of hydrogen-bond acceptors (Lipinski definition) is 6. The lowest BCUT2D eigenvalue weighted by atomic mass is 10.0. The Bertz CT molecular complexity index is 1000. The minimum Gasteiger partial charge on any atom is -0.384 e. The molecule has 0 saturated carbocycles. The molecule has 27 heavy (non-hydrogen) atoms. The average molecular weight is 372 g/mol. The molecule has 0 spiro atoms. The number of anilines is 3. The third-order valence-corrected chi connectivity index (χ3v) is 4.52. The Kier molecular flexibility index (Phi) is 4.69. The van der Waals surface area contributed by atoms with Crippen LogP contribution >= 0.6 is 0 Å². The quantitative estimate of drug-likeness (QED) is 0.742. The fourth-order valence-electron chi connectivity index (χ4n) is 3.42. The van der Waals surface area contributed by atoms with Crippen LogP contribution in [0.5, 0.6) is 0 Å². The second kappa shape index (κ2) is 6.82. The zero-order chi connectivity index (χ0) is 19.8. The molecule has 2 aromatic rings. The first-order chi connectivity index (χ1) is 12.8. The van der Waals surface area contributed by atoms with Crippen LogP contribution in [0.4, 0.5) is 21.7 Å². The van der Waals surface area contributed by atoms with Gasteiger partial charge in [-0.05, 0) is 31.9 Å². The van der Waals surface area contributed by atoms with Gasteiger partial charge in [0.15, 0.2) is 5.66 Å². The SMILES string of the molecule is C/C=C(/F)C1(CCC)NC(=O)c2c(C)cc(Nc3cc(N)ncn3)c(=O)n21. The van der Waals surface area contributed by atoms with Gasteiger partial charge in [-0.1, -0.05) is 19.4 Å². The van der Waals surface area contributed by atoms with Crippen LogP contribution in [-0.2, 0) is 5.66 Å². The molecule has 1 atom stereocenters. The molecule has 4 N–H and O–H groups in total. The highest BCUT2D eigenvalue weighted by Crippen LogP contribution is 2.36. The molecule has 2 aromatic heterocycles. The molecule has 0 radical (unpaired) electrons. The molecule has 0 aromatic carbocycles. The highest BCUT2D eigenvalue weighted by atomic mass is 19.1. The normalized spacial score (nSPS) is 19.0. The van der Waals surface area contributed by atoms with Crippen molar-refractivity contribution in [3.63, 3.8) is 0 Å². The first kappa shape index (κ1) is 18.6. The predicted molar refractivity (Wildman–Crippen MR) is 100 cm³/mol. The first-order valence-electron chi connectivity index (χ1n) is 8.60. The Morgan fingerprint density at radius 1 is 1.41 bits per heavy atom. The lowest BCUT2D eigenvalue weighted by molar-refractivity contribution is 0.0916. The molecule has 0 bridgehead atoms. The smallest absolute Gasteiger partial charge is 0.277 e. The molecule has 0 aliphatic carbocycles. The minimum absolute atomic E-state index is 0.151. The monoisotopic (exact) mass is 372 g/mol. The van der Waals surface area contributed by atoms with Gasteiger partial charge in [-0.3, -0.25) is 14.2 Å². The Morgan fingerprint density at radius 3 is 2.78 bits per heavy atom. The van der Waals surface area contributed by atoms with Crippen LogP contribution in [0.15, 0.2) is 35.2 Å². The van der Waals surface area contributed by atoms with E-state index in [4.69, 9.17) is 5.73 Å². The molecule has 1 amide bonds. The van der Waals surface area contributed by atoms with Gasteiger partial charge in [0, 0.05) is 6.07 Å². The van der Waals surface area contributed by atoms with E-state index in [1.807, 2.05) is 6.92 Å². The maximum Gasteiger partial charge on any atom is 0.277 e. The largest absolute Gasteiger partial charge is 0.384 e. The summed E-state index contributed by atoms with van der Waals surface area (Å²) in [6.07, 6.45) is 3.33. The second-order valence-electron chi connectivity index (χ2n) is 6.38. The van der Waals surface area contributed by atoms with Crippen molar-refractivity contribution in [2.24, 2.45) is 0 Å². The van der Waals surface area contributed by atoms with Crippen molar-refractivity contribution >= 4 is 23.2 Å². The number of aromatic nitrogens is 3. The maximum atomic E-state index is 14.9. The summed E-state index contributed by atoms with van der Waals surface area (Å²) < 4.78 is 16.1. The van der Waals surface area contributed by atoms with Crippen molar-refractivity contribution in [1.82, 2.24) is 19.9 Å². The van der Waals surface area contributed by atoms with Crippen LogP contribution in [0.2, 0.25) is 0 Å². The number of carbonyl (C=O) groups excluding carboxylic acids is 1. The fourth-order valence-corrected chi connectivity index (χ4v) is 3.42. The molecule has 1 aliphatic rings. The highest BCUT2D eigenvalue weighted by molar-refractivity contribution is 5.97. The fraction of sp³-hybridized carbons (Fsp3) is 0.333. The van der Waals surface area contributed by atoms with Crippen molar-refractivity contribution in [3.8, 4) is 0 Å². The lowest BCUT2D eigenvalue weighted by Gasteiger charge is -2.30. The molecule has 1 aliphatic heterocycles. The van der Waals surface area contributed by atoms with Gasteiger partial charge < -0.3 is 16.4 Å². The molecule has 8 nitrogen and oxygen atoms in total. The standard InChI is InChI=1S/C18H21FN6O2/c1-4-6-18(12(19)5-2)24-16(26)15-10(3)7-11(17(27)25(15)18)23-14-8-13(20)21-9-22-14/h5,7-9H,4,6H2,1-3H3,(H,24,26)(H3,20,21,22,23)/b12-5+. The minimum atomic E-state index is -1.53. The summed E-state index contributed by atoms with van der Waals surface area (Å²) >= 11 is 0. The van der Waals surface area contributed by atoms with Crippen molar-refractivity contribution < 1.29 is 9.18 Å². The third-order valence-electron chi connectivity index (χ3n) is 4.52. The van der Waals surface area contributed by atoms with E-state index in [1.165, 1.54) is 30.0 Å². The number of fused-ring (bicyclic) bond motifs is 1. The number of amides is 1. The van der Waals surface area contributed by atoms with Gasteiger partial charge in [-0.2, -0.15) is 0 Å². The number of allylic oxidation sites excluding steroid dienone is 1. The van der Waals surface area contributed by atoms with Gasteiger partial charge in [0.05, 0.1) is 0 Å². The number of aryl methyl sites for hydroxylation is 1. The molecule has 3 heterocycles. The van der Waals surface area contributed by atoms with E-state index in [1.54, 1.807) is 13.0 Å². The van der Waals surface area contributed by atoms with E-state index in [0.717, 1.165) is 0 Å². The molecule has 3 rings (SSSR count). The van der Waals surface area contributed by atoms with E-state index in [0.29, 0.717) is 17.8 Å². The summed E-state index contributed by atoms with van der Waals surface area (Å²) in [6, 6.07) is 3.02. The number of nitrogen functional groups attached to an aromatic ring is 1. The molecule has 1 unspecified atom stereocenters. The van der Waals surface area contributed by atoms with Crippen molar-refractivity contribution in [2.75, 3.05) is 11.1 Å². The van der Waals surface area contributed by atoms with Crippen molar-refractivity contribution in [2.45, 2.75) is 39.3 Å². The van der Waals surface area contributed by atoms with Gasteiger partial charge >= 0.3 is 0 Å². The van der Waals surface area contributed by atoms with Crippen LogP contribution in [0.3, 0.4) is 0 Å². The topological polar surface area (TPSA) is 115 Å². The number of pyridine rings is 1. The second-order valence-corrected chi connectivity index (χ2v) is 6.38. The van der Waals surface area contributed by atoms with Crippen molar-refractivity contribution in [1.29, 1.82) is 0 Å². The number of carbonyl (C=O) groups is 1. The molecule has 9 heteroatoms. The van der Waals surface area contributed by atoms with E-state index in [-0.39, 0.29) is 23.6 Å². The summed E-state index contributed by atoms with van der Waals surface area (Å²) in [5, 5.41) is 5.56. The number of rotatable bonds is 5. The summed E-state index contributed by atoms with van der Waals surface area (Å²) in [5.74, 6) is -0.499. The molecular weight excluding hydrogens is 351 g/mol. The molecular formula is C18H21FN6O2. The number of nitrogens with one attached hydrogen (secondary N) is 2. The number of halogens is 1. The summed E-state index contributed by atoms with van der Waals surface area (Å²) in [4.78, 5) is 33.6. The van der Waals surface area contributed by atoms with Gasteiger partial charge in [0.25, 0.3) is 11.5 Å². The molecule has 0 fully saturated rings. The van der Waals surface area contributed by atoms with Gasteiger partial charge in [-0.25, -0.2) is 14.4 Å². The zero-order valence-electron chi connectivity index (χ0n) is 15.3. The predicted octanol–water partition coefficient (Wildman–Crippen LogP) is 2.34. The summed E-state index contributed by atoms with van der Waals surface area (Å²) in [7, 11) is 0. The van der Waals surface area contributed by atoms with Crippen LogP contribution in [0.25, 0.3) is 0 Å². The Labute approximate surface area is 155 Å². The van der Waals surface area contributed by atoms with Gasteiger partial charge in [-0.15, -0.1) is 0 Å². The Morgan fingerprint density at radius 2 is 2.15 bits per heavy atom. The zero-order valence-corrected chi connectivity index (χ0v) is 15.3. The Hall–Kier alpha value is -3.23. The maximum absolute atomic E-state index is 14.9. The Balaban J connectivity index is 2.23. The van der Waals surface area contributed by atoms with Crippen LogP contribution in [0.1, 0.15) is 42.7 Å². The number of hydrogen-bond donors (Lipinski definition) is 3. The van der Waals surface area contributed by atoms with Crippen LogP contribution in [0, 0.1) is 6.92 Å². The summed E-state index contributed by atoms with van der Waals surface area (Å²) in [5.41, 5.74) is 4.44. The highest BCUT2D eigenvalue weighted by Gasteiger charge is 2.47. The first-order valence-corrected chi connectivity index (χ1v) is 8.60.